The number of amides is 2. The molecule has 0 fully saturated rings. The van der Waals surface area contributed by atoms with Crippen LogP contribution in [-0.4, -0.2) is 30.0 Å². The third-order valence-corrected chi connectivity index (χ3v) is 4.52. The Bertz CT molecular complexity index is 1120. The van der Waals surface area contributed by atoms with Crippen molar-refractivity contribution >= 4 is 23.5 Å². The highest BCUT2D eigenvalue weighted by atomic mass is 16.5. The second-order valence-corrected chi connectivity index (χ2v) is 6.28. The van der Waals surface area contributed by atoms with Crippen molar-refractivity contribution in [3.8, 4) is 17.2 Å². The lowest BCUT2D eigenvalue weighted by Gasteiger charge is -2.14. The predicted octanol–water partition coefficient (Wildman–Crippen LogP) is 3.99. The van der Waals surface area contributed by atoms with E-state index in [9.17, 15) is 14.4 Å². The van der Waals surface area contributed by atoms with Crippen LogP contribution in [0.5, 0.6) is 17.2 Å². The molecule has 1 aliphatic rings. The summed E-state index contributed by atoms with van der Waals surface area (Å²) < 4.78 is 10.8. The number of aromatic carboxylic acids is 1. The summed E-state index contributed by atoms with van der Waals surface area (Å²) in [6.07, 6.45) is 0. The van der Waals surface area contributed by atoms with Crippen LogP contribution in [0.1, 0.15) is 31.1 Å². The summed E-state index contributed by atoms with van der Waals surface area (Å²) in [5.41, 5.74) is 0.581. The Morgan fingerprint density at radius 3 is 1.93 bits per heavy atom. The summed E-state index contributed by atoms with van der Waals surface area (Å²) in [6, 6.07) is 17.4. The Kier molecular flexibility index (Phi) is 4.48. The minimum Gasteiger partial charge on any atom is -0.497 e. The number of methoxy groups -OCH3 is 1. The van der Waals surface area contributed by atoms with E-state index in [2.05, 4.69) is 0 Å². The van der Waals surface area contributed by atoms with Crippen molar-refractivity contribution < 1.29 is 29.0 Å². The SMILES string of the molecule is COc1ccc(Oc2ccc(N3C(=O)c4ccc(C(=O)O)cc4C3=O)cc2)cc1. The molecule has 7 heteroatoms. The number of carboxylic acid groups (broad SMARTS) is 1. The summed E-state index contributed by atoms with van der Waals surface area (Å²) in [4.78, 5) is 37.5. The van der Waals surface area contributed by atoms with Crippen molar-refractivity contribution in [3.05, 3.63) is 83.4 Å². The molecule has 1 N–H and O–H groups in total. The molecule has 3 aromatic rings. The zero-order valence-electron chi connectivity index (χ0n) is 15.3. The van der Waals surface area contributed by atoms with Gasteiger partial charge in [0.05, 0.1) is 29.5 Å². The van der Waals surface area contributed by atoms with Crippen LogP contribution in [0.4, 0.5) is 5.69 Å². The van der Waals surface area contributed by atoms with Crippen LogP contribution in [0.3, 0.4) is 0 Å². The monoisotopic (exact) mass is 389 g/mol. The maximum Gasteiger partial charge on any atom is 0.335 e. The third-order valence-electron chi connectivity index (χ3n) is 4.52. The standard InChI is InChI=1S/C22H15NO6/c1-28-15-7-9-17(10-8-15)29-16-5-3-14(4-6-16)23-20(24)18-11-2-13(22(26)27)12-19(18)21(23)25/h2-12H,1H3,(H,26,27). The van der Waals surface area contributed by atoms with Gasteiger partial charge in [0.2, 0.25) is 0 Å². The number of nitrogens with zero attached hydrogens (tertiary/aromatic N) is 1. The normalized spacial score (nSPS) is 12.7. The quantitative estimate of drug-likeness (QED) is 0.664. The zero-order valence-corrected chi connectivity index (χ0v) is 15.3. The highest BCUT2D eigenvalue weighted by Gasteiger charge is 2.37. The van der Waals surface area contributed by atoms with Crippen molar-refractivity contribution in [2.75, 3.05) is 12.0 Å². The maximum atomic E-state index is 12.7. The first kappa shape index (κ1) is 18.2. The Hall–Kier alpha value is -4.13. The van der Waals surface area contributed by atoms with Crippen LogP contribution in [0, 0.1) is 0 Å². The van der Waals surface area contributed by atoms with Crippen LogP contribution in [0.15, 0.2) is 66.7 Å². The van der Waals surface area contributed by atoms with Gasteiger partial charge in [-0.15, -0.1) is 0 Å². The second kappa shape index (κ2) is 7.12. The first-order valence-corrected chi connectivity index (χ1v) is 8.66. The number of anilines is 1. The molecule has 1 aliphatic heterocycles. The van der Waals surface area contributed by atoms with Gasteiger partial charge in [-0.2, -0.15) is 0 Å². The van der Waals surface area contributed by atoms with E-state index in [1.165, 1.54) is 18.2 Å². The minimum atomic E-state index is -1.16. The summed E-state index contributed by atoms with van der Waals surface area (Å²) in [5.74, 6) is -0.359. The zero-order chi connectivity index (χ0) is 20.5. The van der Waals surface area contributed by atoms with E-state index in [0.717, 1.165) is 4.90 Å². The third kappa shape index (κ3) is 3.29. The molecule has 0 saturated heterocycles. The first-order chi connectivity index (χ1) is 14.0. The van der Waals surface area contributed by atoms with Gasteiger partial charge < -0.3 is 14.6 Å². The van der Waals surface area contributed by atoms with Gasteiger partial charge in [0.1, 0.15) is 17.2 Å². The van der Waals surface area contributed by atoms with E-state index in [0.29, 0.717) is 22.9 Å². The molecule has 144 valence electrons. The van der Waals surface area contributed by atoms with Crippen molar-refractivity contribution in [3.63, 3.8) is 0 Å². The van der Waals surface area contributed by atoms with Gasteiger partial charge in [0, 0.05) is 0 Å². The predicted molar refractivity (Wildman–Crippen MR) is 104 cm³/mol. The minimum absolute atomic E-state index is 0.0463. The van der Waals surface area contributed by atoms with Crippen molar-refractivity contribution in [2.45, 2.75) is 0 Å². The number of carboxylic acids is 1. The Labute approximate surface area is 165 Å². The number of rotatable bonds is 5. The molecule has 4 rings (SSSR count). The fourth-order valence-corrected chi connectivity index (χ4v) is 3.05. The fraction of sp³-hybridized carbons (Fsp3) is 0.0455. The molecule has 1 heterocycles. The number of ether oxygens (including phenoxy) is 2. The van der Waals surface area contributed by atoms with E-state index in [4.69, 9.17) is 14.6 Å². The molecular weight excluding hydrogens is 374 g/mol. The number of benzene rings is 3. The van der Waals surface area contributed by atoms with E-state index in [1.54, 1.807) is 55.6 Å². The van der Waals surface area contributed by atoms with E-state index < -0.39 is 17.8 Å². The molecule has 0 aromatic heterocycles. The van der Waals surface area contributed by atoms with Gasteiger partial charge in [-0.3, -0.25) is 9.59 Å². The lowest BCUT2D eigenvalue weighted by atomic mass is 10.1. The van der Waals surface area contributed by atoms with E-state index in [-0.39, 0.29) is 16.7 Å². The highest BCUT2D eigenvalue weighted by Crippen LogP contribution is 2.31. The lowest BCUT2D eigenvalue weighted by molar-refractivity contribution is 0.0696. The van der Waals surface area contributed by atoms with Crippen LogP contribution in [0.2, 0.25) is 0 Å². The summed E-state index contributed by atoms with van der Waals surface area (Å²) in [5, 5.41) is 9.10. The largest absolute Gasteiger partial charge is 0.497 e. The molecule has 29 heavy (non-hydrogen) atoms. The number of fused-ring (bicyclic) bond motifs is 1. The topological polar surface area (TPSA) is 93.1 Å². The van der Waals surface area contributed by atoms with Gasteiger partial charge in [0.15, 0.2) is 0 Å². The fourth-order valence-electron chi connectivity index (χ4n) is 3.05. The van der Waals surface area contributed by atoms with E-state index >= 15 is 0 Å². The Morgan fingerprint density at radius 2 is 1.34 bits per heavy atom. The number of carbonyl (C=O) groups is 3. The van der Waals surface area contributed by atoms with Gasteiger partial charge in [-0.25, -0.2) is 9.69 Å². The Morgan fingerprint density at radius 1 is 0.793 bits per heavy atom. The first-order valence-electron chi connectivity index (χ1n) is 8.66. The van der Waals surface area contributed by atoms with Crippen LogP contribution < -0.4 is 14.4 Å². The van der Waals surface area contributed by atoms with Crippen LogP contribution >= 0.6 is 0 Å². The smallest absolute Gasteiger partial charge is 0.335 e. The molecule has 2 amide bonds. The summed E-state index contributed by atoms with van der Waals surface area (Å²) >= 11 is 0. The highest BCUT2D eigenvalue weighted by molar-refractivity contribution is 6.34. The average Bonchev–Trinajstić information content (AvgIpc) is 2.99. The molecule has 0 radical (unpaired) electrons. The van der Waals surface area contributed by atoms with Crippen LogP contribution in [-0.2, 0) is 0 Å². The van der Waals surface area contributed by atoms with Crippen molar-refractivity contribution in [1.82, 2.24) is 0 Å². The van der Waals surface area contributed by atoms with Gasteiger partial charge >= 0.3 is 5.97 Å². The molecule has 0 unspecified atom stereocenters. The average molecular weight is 389 g/mol. The molecule has 0 aliphatic carbocycles. The second-order valence-electron chi connectivity index (χ2n) is 6.28. The van der Waals surface area contributed by atoms with Gasteiger partial charge in [-0.05, 0) is 66.7 Å². The maximum absolute atomic E-state index is 12.7. The number of carbonyl (C=O) groups excluding carboxylic acids is 2. The lowest BCUT2D eigenvalue weighted by Crippen LogP contribution is -2.29. The van der Waals surface area contributed by atoms with Crippen molar-refractivity contribution in [1.29, 1.82) is 0 Å². The summed E-state index contributed by atoms with van der Waals surface area (Å²) in [6.45, 7) is 0. The molecule has 0 saturated carbocycles. The van der Waals surface area contributed by atoms with E-state index in [1.807, 2.05) is 0 Å². The van der Waals surface area contributed by atoms with Gasteiger partial charge in [0.25, 0.3) is 11.8 Å². The molecule has 0 bridgehead atoms. The molecule has 0 spiro atoms. The van der Waals surface area contributed by atoms with Gasteiger partial charge in [-0.1, -0.05) is 0 Å². The number of hydrogen-bond acceptors (Lipinski definition) is 5. The summed E-state index contributed by atoms with van der Waals surface area (Å²) in [7, 11) is 1.58. The van der Waals surface area contributed by atoms with Crippen molar-refractivity contribution in [2.24, 2.45) is 0 Å². The number of imide groups is 1. The number of hydrogen-bond donors (Lipinski definition) is 1. The molecule has 7 nitrogen and oxygen atoms in total. The van der Waals surface area contributed by atoms with Crippen LogP contribution in [0.25, 0.3) is 0 Å². The molecule has 0 atom stereocenters. The molecule has 3 aromatic carbocycles. The molecular formula is C22H15NO6. The Balaban J connectivity index is 1.56.